The van der Waals surface area contributed by atoms with Crippen molar-refractivity contribution in [1.29, 1.82) is 0 Å². The van der Waals surface area contributed by atoms with Gasteiger partial charge in [0.05, 0.1) is 6.10 Å². The summed E-state index contributed by atoms with van der Waals surface area (Å²) in [7, 11) is 0. The summed E-state index contributed by atoms with van der Waals surface area (Å²) in [4.78, 5) is 11.8. The summed E-state index contributed by atoms with van der Waals surface area (Å²) in [6.07, 6.45) is 0.00547. The number of hydrogen-bond donors (Lipinski definition) is 2. The monoisotopic (exact) mass is 325 g/mol. The van der Waals surface area contributed by atoms with E-state index in [9.17, 15) is 9.90 Å². The number of ether oxygens (including phenoxy) is 1. The molecular formula is C19H19NO4. The Morgan fingerprint density at radius 1 is 1.21 bits per heavy atom. The van der Waals surface area contributed by atoms with Gasteiger partial charge < -0.3 is 20.0 Å². The third-order valence-corrected chi connectivity index (χ3v) is 3.70. The van der Waals surface area contributed by atoms with Crippen molar-refractivity contribution in [3.63, 3.8) is 0 Å². The predicted octanol–water partition coefficient (Wildman–Crippen LogP) is 4.04. The first-order valence-corrected chi connectivity index (χ1v) is 7.75. The number of carboxylic acids is 1. The number of hydrogen-bond acceptors (Lipinski definition) is 4. The number of carbonyl (C=O) groups is 1. The first kappa shape index (κ1) is 16.1. The van der Waals surface area contributed by atoms with Gasteiger partial charge in [-0.05, 0) is 37.6 Å². The maximum atomic E-state index is 11.8. The summed E-state index contributed by atoms with van der Waals surface area (Å²) in [6.45, 7) is 4.27. The molecule has 0 atom stereocenters. The Morgan fingerprint density at radius 2 is 1.92 bits per heavy atom. The zero-order valence-electron chi connectivity index (χ0n) is 13.6. The lowest BCUT2D eigenvalue weighted by Crippen LogP contribution is -2.05. The second-order valence-electron chi connectivity index (χ2n) is 5.84. The molecule has 0 aliphatic carbocycles. The van der Waals surface area contributed by atoms with E-state index >= 15 is 0 Å². The molecule has 1 heterocycles. The summed E-state index contributed by atoms with van der Waals surface area (Å²) in [5, 5.41) is 10.2. The van der Waals surface area contributed by atoms with Gasteiger partial charge in [-0.3, -0.25) is 0 Å². The van der Waals surface area contributed by atoms with Gasteiger partial charge in [0, 0.05) is 17.5 Å². The van der Waals surface area contributed by atoms with Crippen LogP contribution < -0.4 is 10.5 Å². The van der Waals surface area contributed by atoms with Crippen molar-refractivity contribution in [2.75, 3.05) is 0 Å². The topological polar surface area (TPSA) is 85.7 Å². The molecule has 0 radical (unpaired) electrons. The van der Waals surface area contributed by atoms with E-state index in [1.54, 1.807) is 18.2 Å². The Kier molecular flexibility index (Phi) is 4.27. The van der Waals surface area contributed by atoms with Crippen molar-refractivity contribution < 1.29 is 19.1 Å². The van der Waals surface area contributed by atoms with E-state index in [1.165, 1.54) is 0 Å². The summed E-state index contributed by atoms with van der Waals surface area (Å²) in [5.41, 5.74) is 7.93. The summed E-state index contributed by atoms with van der Waals surface area (Å²) < 4.78 is 11.5. The molecule has 3 N–H and O–H groups in total. The average Bonchev–Trinajstić information content (AvgIpc) is 2.93. The molecule has 2 aromatic carbocycles. The van der Waals surface area contributed by atoms with Gasteiger partial charge in [-0.25, -0.2) is 4.79 Å². The van der Waals surface area contributed by atoms with Crippen LogP contribution in [0.3, 0.4) is 0 Å². The fourth-order valence-electron chi connectivity index (χ4n) is 2.63. The maximum Gasteiger partial charge on any atom is 0.340 e. The van der Waals surface area contributed by atoms with Gasteiger partial charge in [-0.15, -0.1) is 0 Å². The van der Waals surface area contributed by atoms with E-state index in [-0.39, 0.29) is 11.7 Å². The molecule has 3 rings (SSSR count). The van der Waals surface area contributed by atoms with Gasteiger partial charge in [0.1, 0.15) is 22.7 Å². The smallest absolute Gasteiger partial charge is 0.340 e. The van der Waals surface area contributed by atoms with Crippen LogP contribution in [0.15, 0.2) is 46.9 Å². The summed E-state index contributed by atoms with van der Waals surface area (Å²) >= 11 is 0. The van der Waals surface area contributed by atoms with Gasteiger partial charge in [0.2, 0.25) is 0 Å². The van der Waals surface area contributed by atoms with Gasteiger partial charge in [-0.1, -0.05) is 24.3 Å². The Balaban J connectivity index is 2.16. The maximum absolute atomic E-state index is 11.8. The standard InChI is InChI=1S/C19H19NO4/c1-11(2)23-14-7-8-16-15(9-14)17(19(21)22)18(24-16)13-5-3-12(10-20)4-6-13/h3-9,11H,10,20H2,1-2H3,(H,21,22). The Hall–Kier alpha value is -2.79. The van der Waals surface area contributed by atoms with E-state index in [2.05, 4.69) is 0 Å². The van der Waals surface area contributed by atoms with E-state index in [0.29, 0.717) is 34.6 Å². The van der Waals surface area contributed by atoms with Crippen LogP contribution in [0.4, 0.5) is 0 Å². The molecule has 0 saturated heterocycles. The van der Waals surface area contributed by atoms with Gasteiger partial charge in [-0.2, -0.15) is 0 Å². The number of benzene rings is 2. The predicted molar refractivity (Wildman–Crippen MR) is 92.3 cm³/mol. The average molecular weight is 325 g/mol. The van der Waals surface area contributed by atoms with E-state index in [4.69, 9.17) is 14.9 Å². The van der Waals surface area contributed by atoms with Crippen LogP contribution in [-0.4, -0.2) is 17.2 Å². The summed E-state index contributed by atoms with van der Waals surface area (Å²) in [6, 6.07) is 12.6. The number of carboxylic acid groups (broad SMARTS) is 1. The first-order chi connectivity index (χ1) is 11.5. The molecule has 24 heavy (non-hydrogen) atoms. The number of furan rings is 1. The lowest BCUT2D eigenvalue weighted by Gasteiger charge is -2.09. The highest BCUT2D eigenvalue weighted by Gasteiger charge is 2.22. The molecule has 0 unspecified atom stereocenters. The van der Waals surface area contributed by atoms with Crippen LogP contribution in [-0.2, 0) is 6.54 Å². The second kappa shape index (κ2) is 6.37. The first-order valence-electron chi connectivity index (χ1n) is 7.75. The fraction of sp³-hybridized carbons (Fsp3) is 0.211. The molecule has 0 aliphatic rings. The number of aromatic carboxylic acids is 1. The van der Waals surface area contributed by atoms with E-state index in [1.807, 2.05) is 38.1 Å². The molecule has 0 spiro atoms. The molecule has 5 nitrogen and oxygen atoms in total. The normalized spacial score (nSPS) is 11.2. The number of fused-ring (bicyclic) bond motifs is 1. The molecule has 5 heteroatoms. The molecule has 3 aromatic rings. The Morgan fingerprint density at radius 3 is 2.50 bits per heavy atom. The SMILES string of the molecule is CC(C)Oc1ccc2oc(-c3ccc(CN)cc3)c(C(=O)O)c2c1. The molecule has 0 aliphatic heterocycles. The van der Waals surface area contributed by atoms with Crippen LogP contribution >= 0.6 is 0 Å². The number of rotatable bonds is 5. The minimum absolute atomic E-state index is 0.00547. The lowest BCUT2D eigenvalue weighted by atomic mass is 10.0. The largest absolute Gasteiger partial charge is 0.491 e. The number of nitrogens with two attached hydrogens (primary N) is 1. The molecule has 0 bridgehead atoms. The summed E-state index contributed by atoms with van der Waals surface area (Å²) in [5.74, 6) is -0.0815. The highest BCUT2D eigenvalue weighted by atomic mass is 16.5. The highest BCUT2D eigenvalue weighted by Crippen LogP contribution is 2.35. The van der Waals surface area contributed by atoms with Crippen molar-refractivity contribution in [3.8, 4) is 17.1 Å². The minimum Gasteiger partial charge on any atom is -0.491 e. The molecule has 124 valence electrons. The van der Waals surface area contributed by atoms with Crippen LogP contribution in [0.2, 0.25) is 0 Å². The van der Waals surface area contributed by atoms with Gasteiger partial charge in [0.25, 0.3) is 0 Å². The quantitative estimate of drug-likeness (QED) is 0.739. The van der Waals surface area contributed by atoms with Crippen LogP contribution in [0, 0.1) is 0 Å². The van der Waals surface area contributed by atoms with E-state index < -0.39 is 5.97 Å². The van der Waals surface area contributed by atoms with Crippen molar-refractivity contribution >= 4 is 16.9 Å². The van der Waals surface area contributed by atoms with Crippen LogP contribution in [0.5, 0.6) is 5.75 Å². The molecular weight excluding hydrogens is 306 g/mol. The molecule has 0 amide bonds. The highest BCUT2D eigenvalue weighted by molar-refractivity contribution is 6.08. The Bertz CT molecular complexity index is 878. The van der Waals surface area contributed by atoms with Crippen molar-refractivity contribution in [1.82, 2.24) is 0 Å². The lowest BCUT2D eigenvalue weighted by molar-refractivity contribution is 0.0699. The van der Waals surface area contributed by atoms with Crippen molar-refractivity contribution in [2.45, 2.75) is 26.5 Å². The fourth-order valence-corrected chi connectivity index (χ4v) is 2.63. The zero-order valence-corrected chi connectivity index (χ0v) is 13.6. The zero-order chi connectivity index (χ0) is 17.3. The second-order valence-corrected chi connectivity index (χ2v) is 5.84. The van der Waals surface area contributed by atoms with Crippen LogP contribution in [0.1, 0.15) is 29.8 Å². The van der Waals surface area contributed by atoms with Gasteiger partial charge >= 0.3 is 5.97 Å². The third-order valence-electron chi connectivity index (χ3n) is 3.70. The molecule has 0 saturated carbocycles. The van der Waals surface area contributed by atoms with E-state index in [0.717, 1.165) is 5.56 Å². The minimum atomic E-state index is -1.03. The van der Waals surface area contributed by atoms with Crippen molar-refractivity contribution in [3.05, 3.63) is 53.6 Å². The molecule has 0 fully saturated rings. The Labute approximate surface area is 139 Å². The van der Waals surface area contributed by atoms with Crippen molar-refractivity contribution in [2.24, 2.45) is 5.73 Å². The third kappa shape index (κ3) is 2.98. The van der Waals surface area contributed by atoms with Gasteiger partial charge in [0.15, 0.2) is 0 Å². The molecule has 1 aromatic heterocycles. The van der Waals surface area contributed by atoms with Crippen LogP contribution in [0.25, 0.3) is 22.3 Å².